The summed E-state index contributed by atoms with van der Waals surface area (Å²) in [5, 5.41) is 19.8. The number of amides is 2. The zero-order chi connectivity index (χ0) is 30.5. The van der Waals surface area contributed by atoms with Gasteiger partial charge in [-0.05, 0) is 66.3 Å². The molecule has 0 aromatic heterocycles. The monoisotopic (exact) mass is 589 g/mol. The molecule has 0 unspecified atom stereocenters. The molecule has 4 aliphatic rings. The number of ether oxygens (including phenoxy) is 2. The summed E-state index contributed by atoms with van der Waals surface area (Å²) in [6, 6.07) is 22.4. The summed E-state index contributed by atoms with van der Waals surface area (Å²) in [6.07, 6.45) is 5.12. The van der Waals surface area contributed by atoms with Crippen molar-refractivity contribution in [3.8, 4) is 23.0 Å². The maximum atomic E-state index is 13.0. The average molecular weight is 590 g/mol. The lowest BCUT2D eigenvalue weighted by atomic mass is 9.99. The van der Waals surface area contributed by atoms with Crippen LogP contribution < -0.4 is 19.3 Å². The standard InChI is InChI=1S/C18H17NO3.C17H14N2O3/c1-22-17-10-14-11(9-16(17)20)6-7-13-8-12-4-2-3-5-15(12)19(13)18(14)21;1-22-16-7-12-13(8-15(16)20)18-9-11-6-10-4-2-3-5-14(10)19(11)17(12)21/h2-5,9-10,13,20H,6-8H2,1H3;2-5,7-9,11,20H,6H2,1H3/t13-;11-/m10/s1. The minimum Gasteiger partial charge on any atom is -0.504 e. The van der Waals surface area contributed by atoms with Crippen LogP contribution in [0.25, 0.3) is 0 Å². The van der Waals surface area contributed by atoms with Crippen LogP contribution in [0.2, 0.25) is 0 Å². The molecular weight excluding hydrogens is 558 g/mol. The normalized spacial score (nSPS) is 18.9. The number of methoxy groups -OCH3 is 2. The van der Waals surface area contributed by atoms with E-state index in [1.807, 2.05) is 47.4 Å². The van der Waals surface area contributed by atoms with Crippen molar-refractivity contribution in [2.24, 2.45) is 4.99 Å². The van der Waals surface area contributed by atoms with Gasteiger partial charge < -0.3 is 24.6 Å². The van der Waals surface area contributed by atoms with Crippen molar-refractivity contribution >= 4 is 35.1 Å². The van der Waals surface area contributed by atoms with Crippen molar-refractivity contribution in [3.05, 3.63) is 101 Å². The molecule has 4 aliphatic heterocycles. The second kappa shape index (κ2) is 10.8. The number of hydrogen-bond donors (Lipinski definition) is 2. The Labute approximate surface area is 254 Å². The minimum absolute atomic E-state index is 0.000694. The smallest absolute Gasteiger partial charge is 0.261 e. The summed E-state index contributed by atoms with van der Waals surface area (Å²) < 4.78 is 10.3. The number of aryl methyl sites for hydroxylation is 1. The number of phenolic OH excluding ortho intramolecular Hbond substituents is 2. The molecule has 0 spiro atoms. The summed E-state index contributed by atoms with van der Waals surface area (Å²) in [5.41, 5.74) is 6.74. The van der Waals surface area contributed by atoms with Crippen molar-refractivity contribution in [3.63, 3.8) is 0 Å². The first-order valence-electron chi connectivity index (χ1n) is 14.6. The van der Waals surface area contributed by atoms with E-state index in [0.29, 0.717) is 22.6 Å². The predicted molar refractivity (Wildman–Crippen MR) is 167 cm³/mol. The maximum Gasteiger partial charge on any atom is 0.261 e. The summed E-state index contributed by atoms with van der Waals surface area (Å²) >= 11 is 0. The first-order valence-corrected chi connectivity index (χ1v) is 14.6. The molecule has 0 saturated carbocycles. The van der Waals surface area contributed by atoms with Gasteiger partial charge in [0.2, 0.25) is 0 Å². The fraction of sp³-hybridized carbons (Fsp3) is 0.229. The highest BCUT2D eigenvalue weighted by molar-refractivity contribution is 6.15. The van der Waals surface area contributed by atoms with Gasteiger partial charge in [-0.2, -0.15) is 0 Å². The molecule has 4 aromatic carbocycles. The van der Waals surface area contributed by atoms with Gasteiger partial charge in [0.25, 0.3) is 11.8 Å². The number of rotatable bonds is 2. The van der Waals surface area contributed by atoms with Crippen LogP contribution in [0.5, 0.6) is 23.0 Å². The predicted octanol–water partition coefficient (Wildman–Crippen LogP) is 5.61. The van der Waals surface area contributed by atoms with Crippen LogP contribution in [0.3, 0.4) is 0 Å². The molecule has 222 valence electrons. The zero-order valence-electron chi connectivity index (χ0n) is 24.4. The van der Waals surface area contributed by atoms with Crippen molar-refractivity contribution in [2.45, 2.75) is 37.8 Å². The first kappa shape index (κ1) is 27.5. The Hall–Kier alpha value is -5.31. The van der Waals surface area contributed by atoms with Gasteiger partial charge in [-0.1, -0.05) is 36.4 Å². The van der Waals surface area contributed by atoms with E-state index >= 15 is 0 Å². The molecule has 4 heterocycles. The SMILES string of the molecule is COc1cc2c(cc1O)CC[C@@H]1Cc3ccccc3N1C2=O.COc1cc2c(cc1O)N=C[C@@H]1Cc3ccccc3N1C2=O. The van der Waals surface area contributed by atoms with Crippen LogP contribution in [-0.2, 0) is 19.3 Å². The molecule has 2 atom stereocenters. The fourth-order valence-corrected chi connectivity index (χ4v) is 6.69. The highest BCUT2D eigenvalue weighted by Gasteiger charge is 2.38. The van der Waals surface area contributed by atoms with Crippen LogP contribution in [0.15, 0.2) is 77.8 Å². The number of phenols is 2. The largest absolute Gasteiger partial charge is 0.504 e. The molecule has 0 bridgehead atoms. The number of nitrogens with zero attached hydrogens (tertiary/aromatic N) is 3. The Balaban J connectivity index is 0.000000142. The number of aliphatic imine (C=N–C) groups is 1. The Morgan fingerprint density at radius 2 is 1.32 bits per heavy atom. The second-order valence-electron chi connectivity index (χ2n) is 11.3. The molecule has 44 heavy (non-hydrogen) atoms. The quantitative estimate of drug-likeness (QED) is 0.315. The van der Waals surface area contributed by atoms with Crippen LogP contribution in [-0.4, -0.2) is 54.5 Å². The summed E-state index contributed by atoms with van der Waals surface area (Å²) in [6.45, 7) is 0. The van der Waals surface area contributed by atoms with Gasteiger partial charge in [-0.15, -0.1) is 0 Å². The number of fused-ring (bicyclic) bond motifs is 8. The molecule has 8 rings (SSSR count). The van der Waals surface area contributed by atoms with Gasteiger partial charge in [0.1, 0.15) is 0 Å². The molecule has 2 amide bonds. The molecular formula is C35H31N3O6. The van der Waals surface area contributed by atoms with Crippen LogP contribution in [0.4, 0.5) is 17.1 Å². The van der Waals surface area contributed by atoms with E-state index in [4.69, 9.17) is 9.47 Å². The van der Waals surface area contributed by atoms with Gasteiger partial charge in [0, 0.05) is 41.7 Å². The summed E-state index contributed by atoms with van der Waals surface area (Å²) in [4.78, 5) is 34.1. The average Bonchev–Trinajstić information content (AvgIpc) is 3.53. The van der Waals surface area contributed by atoms with Crippen molar-refractivity contribution in [2.75, 3.05) is 24.0 Å². The van der Waals surface area contributed by atoms with E-state index in [0.717, 1.165) is 48.2 Å². The molecule has 9 nitrogen and oxygen atoms in total. The molecule has 2 N–H and O–H groups in total. The number of aromatic hydroxyl groups is 2. The van der Waals surface area contributed by atoms with Gasteiger partial charge in [0.15, 0.2) is 23.0 Å². The molecule has 0 saturated heterocycles. The van der Waals surface area contributed by atoms with Gasteiger partial charge in [0.05, 0.1) is 31.5 Å². The number of carbonyl (C=O) groups excluding carboxylic acids is 2. The van der Waals surface area contributed by atoms with Crippen molar-refractivity contribution in [1.29, 1.82) is 0 Å². The third kappa shape index (κ3) is 4.43. The molecule has 0 aliphatic carbocycles. The lowest BCUT2D eigenvalue weighted by molar-refractivity contribution is 0.0975. The van der Waals surface area contributed by atoms with E-state index in [9.17, 15) is 19.8 Å². The molecule has 0 fully saturated rings. The highest BCUT2D eigenvalue weighted by atomic mass is 16.5. The third-order valence-corrected chi connectivity index (χ3v) is 8.82. The van der Waals surface area contributed by atoms with Crippen molar-refractivity contribution < 1.29 is 29.3 Å². The lowest BCUT2D eigenvalue weighted by Crippen LogP contribution is -2.37. The van der Waals surface area contributed by atoms with E-state index in [2.05, 4.69) is 11.1 Å². The second-order valence-corrected chi connectivity index (χ2v) is 11.3. The van der Waals surface area contributed by atoms with E-state index in [1.54, 1.807) is 29.3 Å². The summed E-state index contributed by atoms with van der Waals surface area (Å²) in [5.74, 6) is 0.568. The number of benzene rings is 4. The number of para-hydroxylation sites is 2. The Morgan fingerprint density at radius 1 is 0.727 bits per heavy atom. The van der Waals surface area contributed by atoms with Crippen LogP contribution in [0.1, 0.15) is 43.8 Å². The van der Waals surface area contributed by atoms with Gasteiger partial charge >= 0.3 is 0 Å². The zero-order valence-corrected chi connectivity index (χ0v) is 24.4. The third-order valence-electron chi connectivity index (χ3n) is 8.82. The van der Waals surface area contributed by atoms with Crippen LogP contribution >= 0.6 is 0 Å². The number of anilines is 2. The molecule has 4 aromatic rings. The van der Waals surface area contributed by atoms with Gasteiger partial charge in [-0.25, -0.2) is 0 Å². The van der Waals surface area contributed by atoms with Gasteiger partial charge in [-0.3, -0.25) is 19.5 Å². The van der Waals surface area contributed by atoms with Crippen molar-refractivity contribution in [1.82, 2.24) is 0 Å². The summed E-state index contributed by atoms with van der Waals surface area (Å²) in [7, 11) is 2.95. The van der Waals surface area contributed by atoms with E-state index in [-0.39, 0.29) is 41.1 Å². The minimum atomic E-state index is -0.124. The lowest BCUT2D eigenvalue weighted by Gasteiger charge is -2.23. The Bertz CT molecular complexity index is 1850. The van der Waals surface area contributed by atoms with Crippen LogP contribution in [0, 0.1) is 0 Å². The molecule has 0 radical (unpaired) electrons. The number of carbonyl (C=O) groups is 2. The number of hydrogen-bond acceptors (Lipinski definition) is 7. The Morgan fingerprint density at radius 3 is 2.02 bits per heavy atom. The fourth-order valence-electron chi connectivity index (χ4n) is 6.69. The van der Waals surface area contributed by atoms with E-state index in [1.165, 1.54) is 25.8 Å². The highest BCUT2D eigenvalue weighted by Crippen LogP contribution is 2.41. The topological polar surface area (TPSA) is 112 Å². The molecule has 9 heteroatoms. The Kier molecular flexibility index (Phi) is 6.73. The first-order chi connectivity index (χ1) is 21.4. The maximum absolute atomic E-state index is 13.0. The van der Waals surface area contributed by atoms with E-state index < -0.39 is 0 Å².